The molecule has 3 aromatic carbocycles. The number of fused-ring (bicyclic) bond motifs is 4. The lowest BCUT2D eigenvalue weighted by molar-refractivity contribution is -0.401. The summed E-state index contributed by atoms with van der Waals surface area (Å²) in [5.74, 6) is 0.236. The molecule has 0 spiro atoms. The van der Waals surface area contributed by atoms with Crippen molar-refractivity contribution in [2.24, 2.45) is 0 Å². The van der Waals surface area contributed by atoms with Crippen molar-refractivity contribution in [3.63, 3.8) is 0 Å². The average molecular weight is 509 g/mol. The van der Waals surface area contributed by atoms with Crippen LogP contribution in [0.25, 0.3) is 10.8 Å². The van der Waals surface area contributed by atoms with Crippen molar-refractivity contribution >= 4 is 39.3 Å². The summed E-state index contributed by atoms with van der Waals surface area (Å²) < 4.78 is 2.21. The molecule has 0 saturated heterocycles. The Labute approximate surface area is 223 Å². The fourth-order valence-electron chi connectivity index (χ4n) is 6.41. The van der Waals surface area contributed by atoms with E-state index in [9.17, 15) is 14.9 Å². The minimum atomic E-state index is -0.465. The predicted octanol–water partition coefficient (Wildman–Crippen LogP) is 6.97. The van der Waals surface area contributed by atoms with Gasteiger partial charge in [-0.2, -0.15) is 4.58 Å². The van der Waals surface area contributed by atoms with Crippen molar-refractivity contribution in [1.82, 2.24) is 0 Å². The van der Waals surface area contributed by atoms with Crippen molar-refractivity contribution < 1.29 is 14.3 Å². The molecular weight excluding hydrogens is 474 g/mol. The number of hydrogen-bond acceptors (Lipinski definition) is 4. The predicted molar refractivity (Wildman–Crippen MR) is 154 cm³/mol. The Morgan fingerprint density at radius 2 is 1.84 bits per heavy atom. The third-order valence-corrected chi connectivity index (χ3v) is 8.43. The Balaban J connectivity index is 1.58. The van der Waals surface area contributed by atoms with Gasteiger partial charge >= 0.3 is 0 Å². The summed E-state index contributed by atoms with van der Waals surface area (Å²) in [6.45, 7) is 8.30. The zero-order chi connectivity index (χ0) is 27.4. The van der Waals surface area contributed by atoms with Gasteiger partial charge < -0.3 is 4.90 Å². The topological polar surface area (TPSA) is 66.5 Å². The quantitative estimate of drug-likeness (QED) is 0.205. The number of nitro groups is 1. The molecule has 2 heterocycles. The molecule has 0 radical (unpaired) electrons. The maximum absolute atomic E-state index is 12.9. The van der Waals surface area contributed by atoms with E-state index >= 15 is 0 Å². The van der Waals surface area contributed by atoms with Crippen molar-refractivity contribution in [1.29, 1.82) is 0 Å². The van der Waals surface area contributed by atoms with Gasteiger partial charge in [-0.05, 0) is 41.5 Å². The standard InChI is InChI=1S/C32H34N3O3/c1-7-23(36)20-32(4)29(34(6)27-17-15-21-11-8-9-12-24(21)30(27)32)14-10-13-28-31(2,3)25-19-22(35(37)38)16-18-26(25)33(28)5/h8-19H,7,20H2,1-6H3/q+1. The molecule has 2 aliphatic rings. The van der Waals surface area contributed by atoms with Gasteiger partial charge in [0.15, 0.2) is 5.71 Å². The molecule has 1 unspecified atom stereocenters. The normalized spacial score (nSPS) is 21.0. The molecule has 6 nitrogen and oxygen atoms in total. The third-order valence-electron chi connectivity index (χ3n) is 8.43. The highest BCUT2D eigenvalue weighted by molar-refractivity contribution is 6.10. The minimum Gasteiger partial charge on any atom is -0.347 e. The van der Waals surface area contributed by atoms with E-state index in [4.69, 9.17) is 0 Å². The summed E-state index contributed by atoms with van der Waals surface area (Å²) in [4.78, 5) is 26.0. The van der Waals surface area contributed by atoms with Crippen molar-refractivity contribution in [2.75, 3.05) is 19.0 Å². The zero-order valence-electron chi connectivity index (χ0n) is 22.9. The summed E-state index contributed by atoms with van der Waals surface area (Å²) in [7, 11) is 4.07. The second-order valence-electron chi connectivity index (χ2n) is 11.1. The van der Waals surface area contributed by atoms with Crippen molar-refractivity contribution in [3.05, 3.63) is 99.8 Å². The molecule has 5 rings (SSSR count). The van der Waals surface area contributed by atoms with Crippen LogP contribution in [0.4, 0.5) is 17.1 Å². The third kappa shape index (κ3) is 3.78. The Hall–Kier alpha value is -4.06. The number of nitrogens with zero attached hydrogens (tertiary/aromatic N) is 3. The first-order valence-electron chi connectivity index (χ1n) is 13.1. The fraction of sp³-hybridized carbons (Fsp3) is 0.312. The van der Waals surface area contributed by atoms with Crippen LogP contribution in [0.1, 0.15) is 51.7 Å². The number of nitro benzene ring substituents is 1. The number of carbonyl (C=O) groups excluding carboxylic acids is 1. The van der Waals surface area contributed by atoms with Crippen LogP contribution in [-0.2, 0) is 15.6 Å². The van der Waals surface area contributed by atoms with Crippen LogP contribution in [0.2, 0.25) is 0 Å². The molecule has 3 aromatic rings. The number of likely N-dealkylation sites (N-methyl/N-ethyl adjacent to an activating group) is 1. The molecule has 2 aliphatic heterocycles. The molecule has 1 atom stereocenters. The maximum atomic E-state index is 12.9. The van der Waals surface area contributed by atoms with Crippen LogP contribution in [0, 0.1) is 10.1 Å². The number of ketones is 1. The van der Waals surface area contributed by atoms with Gasteiger partial charge in [-0.15, -0.1) is 0 Å². The monoisotopic (exact) mass is 508 g/mol. The molecule has 6 heteroatoms. The van der Waals surface area contributed by atoms with Crippen LogP contribution in [-0.4, -0.2) is 35.1 Å². The summed E-state index contributed by atoms with van der Waals surface area (Å²) in [6.07, 6.45) is 7.22. The van der Waals surface area contributed by atoms with E-state index < -0.39 is 10.8 Å². The van der Waals surface area contributed by atoms with Crippen LogP contribution < -0.4 is 4.90 Å². The molecular formula is C32H34N3O3+. The summed E-state index contributed by atoms with van der Waals surface area (Å²) >= 11 is 0. The van der Waals surface area contributed by atoms with E-state index in [0.29, 0.717) is 12.8 Å². The first-order valence-corrected chi connectivity index (χ1v) is 13.1. The molecule has 0 saturated carbocycles. The Kier molecular flexibility index (Phi) is 6.09. The van der Waals surface area contributed by atoms with Gasteiger partial charge in [0.05, 0.1) is 10.3 Å². The van der Waals surface area contributed by atoms with Crippen LogP contribution in [0.5, 0.6) is 0 Å². The summed E-state index contributed by atoms with van der Waals surface area (Å²) in [5, 5.41) is 13.7. The highest BCUT2D eigenvalue weighted by atomic mass is 16.6. The van der Waals surface area contributed by atoms with E-state index in [1.165, 1.54) is 16.3 Å². The smallest absolute Gasteiger partial charge is 0.269 e. The molecule has 0 amide bonds. The first-order chi connectivity index (χ1) is 18.0. The largest absolute Gasteiger partial charge is 0.347 e. The number of benzene rings is 3. The zero-order valence-corrected chi connectivity index (χ0v) is 22.9. The summed E-state index contributed by atoms with van der Waals surface area (Å²) in [6, 6.07) is 17.8. The molecule has 194 valence electrons. The number of carbonyl (C=O) groups is 1. The second-order valence-corrected chi connectivity index (χ2v) is 11.1. The number of Topliss-reactive ketones (excluding diaryl/α,β-unsaturated/α-hetero) is 1. The molecule has 38 heavy (non-hydrogen) atoms. The highest BCUT2D eigenvalue weighted by Gasteiger charge is 2.48. The summed E-state index contributed by atoms with van der Waals surface area (Å²) in [5.41, 5.74) is 5.62. The SMILES string of the molecule is CCC(=O)CC1(C)C(/C=C/C=C2/N(C)c3ccc([N+](=O)[O-])cc3C2(C)C)=[N+](C)c2ccc3ccccc3c21. The number of non-ortho nitro benzene ring substituents is 1. The molecule has 0 aliphatic carbocycles. The molecule has 0 aromatic heterocycles. The Morgan fingerprint density at radius 3 is 2.55 bits per heavy atom. The lowest BCUT2D eigenvalue weighted by atomic mass is 9.73. The van der Waals surface area contributed by atoms with Gasteiger partial charge in [0.2, 0.25) is 5.69 Å². The van der Waals surface area contributed by atoms with E-state index in [-0.39, 0.29) is 16.4 Å². The van der Waals surface area contributed by atoms with Crippen LogP contribution in [0.15, 0.2) is 78.5 Å². The minimum absolute atomic E-state index is 0.103. The fourth-order valence-corrected chi connectivity index (χ4v) is 6.41. The lowest BCUT2D eigenvalue weighted by Crippen LogP contribution is -2.33. The molecule has 0 bridgehead atoms. The van der Waals surface area contributed by atoms with E-state index in [1.54, 1.807) is 12.1 Å². The van der Waals surface area contributed by atoms with Gasteiger partial charge in [-0.25, -0.2) is 0 Å². The highest BCUT2D eigenvalue weighted by Crippen LogP contribution is 2.49. The number of hydrogen-bond donors (Lipinski definition) is 0. The maximum Gasteiger partial charge on any atom is 0.269 e. The Bertz CT molecular complexity index is 1590. The van der Waals surface area contributed by atoms with Gasteiger partial charge in [-0.1, -0.05) is 51.1 Å². The van der Waals surface area contributed by atoms with Gasteiger partial charge in [0.1, 0.15) is 12.8 Å². The number of rotatable bonds is 6. The number of allylic oxidation sites excluding steroid dienone is 4. The van der Waals surface area contributed by atoms with E-state index in [1.807, 2.05) is 26.1 Å². The van der Waals surface area contributed by atoms with Crippen LogP contribution >= 0.6 is 0 Å². The number of anilines is 1. The van der Waals surface area contributed by atoms with Gasteiger partial charge in [0, 0.05) is 66.5 Å². The second kappa shape index (κ2) is 9.05. The van der Waals surface area contributed by atoms with E-state index in [0.717, 1.165) is 28.3 Å². The van der Waals surface area contributed by atoms with E-state index in [2.05, 4.69) is 85.9 Å². The van der Waals surface area contributed by atoms with Gasteiger partial charge in [0.25, 0.3) is 5.69 Å². The lowest BCUT2D eigenvalue weighted by Gasteiger charge is -2.24. The average Bonchev–Trinajstić information content (AvgIpc) is 3.22. The molecule has 0 fully saturated rings. The van der Waals surface area contributed by atoms with Crippen molar-refractivity contribution in [2.45, 2.75) is 51.4 Å². The van der Waals surface area contributed by atoms with Crippen molar-refractivity contribution in [3.8, 4) is 0 Å². The molecule has 0 N–H and O–H groups in total. The first kappa shape index (κ1) is 25.6. The van der Waals surface area contributed by atoms with Crippen LogP contribution in [0.3, 0.4) is 0 Å². The Morgan fingerprint density at radius 1 is 1.11 bits per heavy atom. The van der Waals surface area contributed by atoms with Gasteiger partial charge in [-0.3, -0.25) is 14.9 Å².